The van der Waals surface area contributed by atoms with Crippen molar-refractivity contribution in [3.05, 3.63) is 58.3 Å². The highest BCUT2D eigenvalue weighted by Crippen LogP contribution is 2.30. The van der Waals surface area contributed by atoms with Crippen molar-refractivity contribution in [2.75, 3.05) is 11.4 Å². The Kier molecular flexibility index (Phi) is 3.72. The first-order valence-corrected chi connectivity index (χ1v) is 9.51. The van der Waals surface area contributed by atoms with E-state index in [1.807, 2.05) is 44.0 Å². The largest absolute Gasteiger partial charge is 0.352 e. The van der Waals surface area contributed by atoms with Gasteiger partial charge >= 0.3 is 0 Å². The van der Waals surface area contributed by atoms with E-state index in [1.165, 1.54) is 5.56 Å². The van der Waals surface area contributed by atoms with Gasteiger partial charge in [-0.1, -0.05) is 0 Å². The molecule has 7 nitrogen and oxygen atoms in total. The first-order valence-electron chi connectivity index (χ1n) is 9.51. The van der Waals surface area contributed by atoms with Crippen molar-refractivity contribution in [3.63, 3.8) is 0 Å². The lowest BCUT2D eigenvalue weighted by Gasteiger charge is -2.30. The Bertz CT molecular complexity index is 1120. The van der Waals surface area contributed by atoms with Crippen LogP contribution in [0.25, 0.3) is 11.1 Å². The van der Waals surface area contributed by atoms with Crippen LogP contribution in [0.2, 0.25) is 0 Å². The van der Waals surface area contributed by atoms with Crippen LogP contribution in [0.1, 0.15) is 38.6 Å². The van der Waals surface area contributed by atoms with Crippen LogP contribution in [-0.2, 0) is 26.6 Å². The van der Waals surface area contributed by atoms with Gasteiger partial charge in [0.2, 0.25) is 0 Å². The van der Waals surface area contributed by atoms with E-state index in [-0.39, 0.29) is 5.91 Å². The summed E-state index contributed by atoms with van der Waals surface area (Å²) >= 11 is 0. The third-order valence-electron chi connectivity index (χ3n) is 5.59. The number of carbonyl (C=O) groups excluding carboxylic acids is 1. The van der Waals surface area contributed by atoms with Crippen molar-refractivity contribution in [2.45, 2.75) is 33.4 Å². The first-order chi connectivity index (χ1) is 13.5. The molecule has 3 aromatic heterocycles. The number of rotatable bonds is 2. The van der Waals surface area contributed by atoms with Crippen LogP contribution in [0.4, 0.5) is 5.82 Å². The van der Waals surface area contributed by atoms with E-state index >= 15 is 0 Å². The average Bonchev–Trinajstić information content (AvgIpc) is 3.21. The molecule has 142 valence electrons. The molecule has 0 fully saturated rings. The number of carbonyl (C=O) groups is 1. The number of aryl methyl sites for hydroxylation is 3. The van der Waals surface area contributed by atoms with E-state index in [4.69, 9.17) is 9.97 Å². The van der Waals surface area contributed by atoms with Crippen LogP contribution in [0.15, 0.2) is 24.5 Å². The quantitative estimate of drug-likeness (QED) is 0.745. The fourth-order valence-corrected chi connectivity index (χ4v) is 4.19. The number of hydrogen-bond acceptors (Lipinski definition) is 5. The van der Waals surface area contributed by atoms with Gasteiger partial charge in [-0.05, 0) is 37.1 Å². The molecular weight excluding hydrogens is 352 g/mol. The molecule has 28 heavy (non-hydrogen) atoms. The lowest BCUT2D eigenvalue weighted by molar-refractivity contribution is 0.0965. The minimum absolute atomic E-state index is 0.0261. The molecule has 0 radical (unpaired) electrons. The Hall–Kier alpha value is -3.22. The summed E-state index contributed by atoms with van der Waals surface area (Å²) in [5.74, 6) is 0.936. The maximum atomic E-state index is 11.9. The monoisotopic (exact) mass is 374 g/mol. The predicted molar refractivity (Wildman–Crippen MR) is 106 cm³/mol. The fourth-order valence-electron chi connectivity index (χ4n) is 4.19. The second-order valence-corrected chi connectivity index (χ2v) is 7.61. The van der Waals surface area contributed by atoms with Gasteiger partial charge in [0.05, 0.1) is 23.5 Å². The van der Waals surface area contributed by atoms with Gasteiger partial charge < -0.3 is 10.2 Å². The Labute approximate surface area is 163 Å². The van der Waals surface area contributed by atoms with E-state index < -0.39 is 0 Å². The number of aromatic nitrogens is 4. The van der Waals surface area contributed by atoms with Crippen molar-refractivity contribution < 1.29 is 4.79 Å². The Morgan fingerprint density at radius 3 is 2.79 bits per heavy atom. The maximum Gasteiger partial charge on any atom is 0.253 e. The van der Waals surface area contributed by atoms with Gasteiger partial charge in [-0.15, -0.1) is 0 Å². The maximum absolute atomic E-state index is 11.9. The summed E-state index contributed by atoms with van der Waals surface area (Å²) in [6, 6.07) is 4.19. The summed E-state index contributed by atoms with van der Waals surface area (Å²) in [7, 11) is 1.94. The number of hydrogen-bond donors (Lipinski definition) is 1. The van der Waals surface area contributed by atoms with Crippen molar-refractivity contribution in [1.29, 1.82) is 0 Å². The van der Waals surface area contributed by atoms with Crippen molar-refractivity contribution in [2.24, 2.45) is 7.05 Å². The van der Waals surface area contributed by atoms with Crippen LogP contribution < -0.4 is 10.2 Å². The van der Waals surface area contributed by atoms with Crippen molar-refractivity contribution in [3.8, 4) is 11.1 Å². The van der Waals surface area contributed by atoms with Crippen LogP contribution in [0.3, 0.4) is 0 Å². The van der Waals surface area contributed by atoms with Crippen LogP contribution >= 0.6 is 0 Å². The number of pyridine rings is 2. The average molecular weight is 374 g/mol. The lowest BCUT2D eigenvalue weighted by Crippen LogP contribution is -2.32. The van der Waals surface area contributed by atoms with Crippen molar-refractivity contribution >= 4 is 11.7 Å². The predicted octanol–water partition coefficient (Wildman–Crippen LogP) is 2.30. The smallest absolute Gasteiger partial charge is 0.253 e. The van der Waals surface area contributed by atoms with Crippen LogP contribution in [-0.4, -0.2) is 32.2 Å². The molecule has 5 heterocycles. The summed E-state index contributed by atoms with van der Waals surface area (Å²) in [4.78, 5) is 23.7. The Morgan fingerprint density at radius 1 is 1.14 bits per heavy atom. The van der Waals surface area contributed by atoms with Gasteiger partial charge in [0, 0.05) is 55.8 Å². The Balaban J connectivity index is 1.49. The number of nitrogens with one attached hydrogen (secondary N) is 1. The van der Waals surface area contributed by atoms with Crippen LogP contribution in [0.5, 0.6) is 0 Å². The SMILES string of the molecule is Cc1cc2c(nc1N1CCc3ncc(-c4cn(C)nc4C)cc3C1)CNC2=O. The molecule has 1 N–H and O–H groups in total. The molecule has 0 saturated heterocycles. The summed E-state index contributed by atoms with van der Waals surface area (Å²) in [6.07, 6.45) is 4.88. The molecule has 0 unspecified atom stereocenters. The topological polar surface area (TPSA) is 75.9 Å². The summed E-state index contributed by atoms with van der Waals surface area (Å²) in [5.41, 5.74) is 8.17. The molecule has 0 bridgehead atoms. The molecule has 0 spiro atoms. The van der Waals surface area contributed by atoms with Gasteiger partial charge in [-0.2, -0.15) is 5.10 Å². The van der Waals surface area contributed by atoms with E-state index in [0.29, 0.717) is 12.1 Å². The highest BCUT2D eigenvalue weighted by Gasteiger charge is 2.26. The van der Waals surface area contributed by atoms with E-state index in [2.05, 4.69) is 21.4 Å². The number of anilines is 1. The zero-order valence-corrected chi connectivity index (χ0v) is 16.3. The molecule has 5 rings (SSSR count). The summed E-state index contributed by atoms with van der Waals surface area (Å²) in [5, 5.41) is 7.30. The highest BCUT2D eigenvalue weighted by atomic mass is 16.1. The van der Waals surface area contributed by atoms with Crippen LogP contribution in [0, 0.1) is 13.8 Å². The molecule has 0 aromatic carbocycles. The molecule has 7 heteroatoms. The first kappa shape index (κ1) is 16.9. The second-order valence-electron chi connectivity index (χ2n) is 7.61. The normalized spacial score (nSPS) is 15.4. The van der Waals surface area contributed by atoms with Gasteiger partial charge in [-0.3, -0.25) is 14.5 Å². The van der Waals surface area contributed by atoms with E-state index in [0.717, 1.165) is 59.1 Å². The molecule has 0 atom stereocenters. The van der Waals surface area contributed by atoms with E-state index in [1.54, 1.807) is 0 Å². The molecule has 1 amide bonds. The van der Waals surface area contributed by atoms with Crippen molar-refractivity contribution in [1.82, 2.24) is 25.1 Å². The molecule has 3 aromatic rings. The lowest BCUT2D eigenvalue weighted by atomic mass is 10.00. The molecule has 0 aliphatic carbocycles. The number of amides is 1. The highest BCUT2D eigenvalue weighted by molar-refractivity contribution is 5.98. The molecule has 0 saturated carbocycles. The zero-order chi connectivity index (χ0) is 19.4. The minimum Gasteiger partial charge on any atom is -0.352 e. The van der Waals surface area contributed by atoms with Gasteiger partial charge in [0.25, 0.3) is 5.91 Å². The van der Waals surface area contributed by atoms with Gasteiger partial charge in [-0.25, -0.2) is 4.98 Å². The Morgan fingerprint density at radius 2 is 2.00 bits per heavy atom. The third-order valence-corrected chi connectivity index (χ3v) is 5.59. The zero-order valence-electron chi connectivity index (χ0n) is 16.3. The molecule has 2 aliphatic heterocycles. The standard InChI is InChI=1S/C21H22N6O/c1-12-6-16-19(9-23-21(16)28)24-20(12)27-5-4-18-15(10-27)7-14(8-22-18)17-11-26(3)25-13(17)2/h6-8,11H,4-5,9-10H2,1-3H3,(H,23,28). The fraction of sp³-hybridized carbons (Fsp3) is 0.333. The number of fused-ring (bicyclic) bond motifs is 2. The van der Waals surface area contributed by atoms with Gasteiger partial charge in [0.15, 0.2) is 0 Å². The third kappa shape index (κ3) is 2.66. The second kappa shape index (κ2) is 6.15. The molecule has 2 aliphatic rings. The van der Waals surface area contributed by atoms with Gasteiger partial charge in [0.1, 0.15) is 5.82 Å². The summed E-state index contributed by atoms with van der Waals surface area (Å²) < 4.78 is 1.84. The minimum atomic E-state index is -0.0261. The van der Waals surface area contributed by atoms with E-state index in [9.17, 15) is 4.79 Å². The number of nitrogens with zero attached hydrogens (tertiary/aromatic N) is 5. The summed E-state index contributed by atoms with van der Waals surface area (Å²) in [6.45, 7) is 6.20. The molecular formula is C21H22N6O.